The number of urea groups is 1. The van der Waals surface area contributed by atoms with Gasteiger partial charge in [-0.3, -0.25) is 10.1 Å². The van der Waals surface area contributed by atoms with E-state index in [2.05, 4.69) is 10.3 Å². The molecule has 1 heterocycles. The van der Waals surface area contributed by atoms with Crippen LogP contribution in [-0.4, -0.2) is 33.8 Å². The number of aromatic amines is 1. The lowest BCUT2D eigenvalue weighted by Gasteiger charge is -2.24. The third kappa shape index (κ3) is 4.29. The molecule has 11 nitrogen and oxygen atoms in total. The number of anilines is 2. The largest absolute Gasteiger partial charge is 0.365 e. The Kier molecular flexibility index (Phi) is 5.96. The summed E-state index contributed by atoms with van der Waals surface area (Å²) < 4.78 is 54.7. The smallest absolute Gasteiger partial charge is 0.317 e. The molecule has 1 aromatic heterocycles. The van der Waals surface area contributed by atoms with Gasteiger partial charge >= 0.3 is 6.03 Å². The van der Waals surface area contributed by atoms with Gasteiger partial charge in [-0.15, -0.1) is 0 Å². The summed E-state index contributed by atoms with van der Waals surface area (Å²) in [5.74, 6) is -1.00. The molecular formula is C22H19N5O6S2. The number of rotatable bonds is 7. The molecule has 0 fully saturated rings. The second kappa shape index (κ2) is 8.77. The molecule has 0 saturated carbocycles. The predicted octanol–water partition coefficient (Wildman–Crippen LogP) is 2.34. The molecule has 0 radical (unpaired) electrons. The normalized spacial score (nSPS) is 11.8. The molecule has 0 aliphatic heterocycles. The van der Waals surface area contributed by atoms with Crippen molar-refractivity contribution in [1.82, 2.24) is 4.98 Å². The van der Waals surface area contributed by atoms with Crippen molar-refractivity contribution in [1.29, 1.82) is 0 Å². The van der Waals surface area contributed by atoms with Gasteiger partial charge in [-0.05, 0) is 42.5 Å². The van der Waals surface area contributed by atoms with E-state index in [0.717, 1.165) is 0 Å². The number of hydrogen-bond donors (Lipinski definition) is 4. The van der Waals surface area contributed by atoms with Crippen molar-refractivity contribution in [3.05, 3.63) is 84.4 Å². The van der Waals surface area contributed by atoms with E-state index in [1.807, 2.05) is 0 Å². The Morgan fingerprint density at radius 2 is 1.29 bits per heavy atom. The zero-order chi connectivity index (χ0) is 25.4. The van der Waals surface area contributed by atoms with Crippen LogP contribution in [-0.2, 0) is 20.0 Å². The van der Waals surface area contributed by atoms with Gasteiger partial charge in [0.05, 0.1) is 21.0 Å². The quantitative estimate of drug-likeness (QED) is 0.294. The van der Waals surface area contributed by atoms with Crippen LogP contribution in [0.1, 0.15) is 10.4 Å². The second-order valence-corrected chi connectivity index (χ2v) is 11.1. The molecule has 0 aliphatic carbocycles. The molecule has 4 aromatic rings. The maximum Gasteiger partial charge on any atom is 0.317 e. The van der Waals surface area contributed by atoms with E-state index in [4.69, 9.17) is 11.5 Å². The van der Waals surface area contributed by atoms with Crippen LogP contribution >= 0.6 is 0 Å². The highest BCUT2D eigenvalue weighted by Crippen LogP contribution is 2.35. The molecule has 3 aromatic carbocycles. The Hall–Kier alpha value is -4.36. The van der Waals surface area contributed by atoms with E-state index in [9.17, 15) is 26.4 Å². The van der Waals surface area contributed by atoms with Gasteiger partial charge in [0, 0.05) is 10.9 Å². The van der Waals surface area contributed by atoms with Crippen LogP contribution in [0.2, 0.25) is 0 Å². The fraction of sp³-hybridized carbons (Fsp3) is 0. The summed E-state index contributed by atoms with van der Waals surface area (Å²) >= 11 is 0. The Morgan fingerprint density at radius 3 is 1.74 bits per heavy atom. The van der Waals surface area contributed by atoms with Crippen molar-refractivity contribution in [2.24, 2.45) is 11.5 Å². The van der Waals surface area contributed by atoms with Crippen molar-refractivity contribution in [2.75, 3.05) is 9.03 Å². The summed E-state index contributed by atoms with van der Waals surface area (Å²) in [6.45, 7) is 0. The van der Waals surface area contributed by atoms with Gasteiger partial charge in [-0.25, -0.2) is 21.6 Å². The summed E-state index contributed by atoms with van der Waals surface area (Å²) in [6, 6.07) is 16.9. The van der Waals surface area contributed by atoms with Crippen LogP contribution in [0.15, 0.2) is 88.7 Å². The highest BCUT2D eigenvalue weighted by Gasteiger charge is 2.37. The first kappa shape index (κ1) is 23.8. The Labute approximate surface area is 200 Å². The lowest BCUT2D eigenvalue weighted by atomic mass is 10.1. The highest BCUT2D eigenvalue weighted by atomic mass is 32.3. The standard InChI is InChI=1S/C22H19N5O6S2/c23-20(28)19-17-12-11-14(13-18(17)25-21(19)26-22(24)29)27(34(30,31)15-7-3-1-4-8-15)35(32,33)16-9-5-2-6-10-16/h1-13,25H,(H2,23,28)(H3,24,26,29). The molecule has 4 rings (SSSR count). The van der Waals surface area contributed by atoms with E-state index in [0.29, 0.717) is 3.71 Å². The van der Waals surface area contributed by atoms with Gasteiger partial charge < -0.3 is 16.5 Å². The van der Waals surface area contributed by atoms with Crippen molar-refractivity contribution in [3.8, 4) is 0 Å². The van der Waals surface area contributed by atoms with Gasteiger partial charge in [0.25, 0.3) is 26.0 Å². The van der Waals surface area contributed by atoms with Crippen LogP contribution in [0.5, 0.6) is 0 Å². The number of hydrogen-bond acceptors (Lipinski definition) is 6. The van der Waals surface area contributed by atoms with Gasteiger partial charge in [0.1, 0.15) is 5.82 Å². The fourth-order valence-electron chi connectivity index (χ4n) is 3.56. The second-order valence-electron chi connectivity index (χ2n) is 7.29. The van der Waals surface area contributed by atoms with Gasteiger partial charge in [0.2, 0.25) is 0 Å². The van der Waals surface area contributed by atoms with Gasteiger partial charge in [-0.2, -0.15) is 3.71 Å². The molecule has 0 aliphatic rings. The number of primary amides is 2. The van der Waals surface area contributed by atoms with E-state index in [1.165, 1.54) is 66.7 Å². The van der Waals surface area contributed by atoms with E-state index in [1.54, 1.807) is 12.1 Å². The minimum Gasteiger partial charge on any atom is -0.365 e. The van der Waals surface area contributed by atoms with Crippen molar-refractivity contribution < 1.29 is 26.4 Å². The van der Waals surface area contributed by atoms with E-state index < -0.39 is 32.0 Å². The lowest BCUT2D eigenvalue weighted by Crippen LogP contribution is -2.37. The zero-order valence-corrected chi connectivity index (χ0v) is 19.5. The molecule has 13 heteroatoms. The van der Waals surface area contributed by atoms with Crippen LogP contribution < -0.4 is 20.5 Å². The van der Waals surface area contributed by atoms with Crippen molar-refractivity contribution in [3.63, 3.8) is 0 Å². The highest BCUT2D eigenvalue weighted by molar-refractivity contribution is 8.10. The predicted molar refractivity (Wildman–Crippen MR) is 130 cm³/mol. The first-order valence-corrected chi connectivity index (χ1v) is 12.8. The third-order valence-electron chi connectivity index (χ3n) is 5.01. The summed E-state index contributed by atoms with van der Waals surface area (Å²) in [7, 11) is -9.23. The third-order valence-corrected chi connectivity index (χ3v) is 9.21. The summed E-state index contributed by atoms with van der Waals surface area (Å²) in [5.41, 5.74) is 10.4. The van der Waals surface area contributed by atoms with Gasteiger partial charge in [0.15, 0.2) is 0 Å². The van der Waals surface area contributed by atoms with E-state index in [-0.39, 0.29) is 37.8 Å². The summed E-state index contributed by atoms with van der Waals surface area (Å²) in [4.78, 5) is 25.6. The maximum atomic E-state index is 13.6. The van der Waals surface area contributed by atoms with Crippen LogP contribution in [0.3, 0.4) is 0 Å². The number of carbonyl (C=O) groups excluding carboxylic acids is 2. The number of carbonyl (C=O) groups is 2. The molecule has 35 heavy (non-hydrogen) atoms. The van der Waals surface area contributed by atoms with Crippen LogP contribution in [0, 0.1) is 0 Å². The van der Waals surface area contributed by atoms with E-state index >= 15 is 0 Å². The summed E-state index contributed by atoms with van der Waals surface area (Å²) in [6.07, 6.45) is 0. The molecule has 0 bridgehead atoms. The number of aromatic nitrogens is 1. The topological polar surface area (TPSA) is 186 Å². The number of nitrogens with zero attached hydrogens (tertiary/aromatic N) is 1. The minimum atomic E-state index is -4.62. The molecule has 6 N–H and O–H groups in total. The van der Waals surface area contributed by atoms with Crippen molar-refractivity contribution >= 4 is 54.4 Å². The van der Waals surface area contributed by atoms with Crippen molar-refractivity contribution in [2.45, 2.75) is 9.79 Å². The molecule has 0 atom stereocenters. The average molecular weight is 514 g/mol. The Bertz CT molecular complexity index is 1580. The SMILES string of the molecule is NC(=O)Nc1[nH]c2cc(N(S(=O)(=O)c3ccccc3)S(=O)(=O)c3ccccc3)ccc2c1C(N)=O. The number of amides is 3. The summed E-state index contributed by atoms with van der Waals surface area (Å²) in [5, 5.41) is 2.46. The molecule has 180 valence electrons. The lowest BCUT2D eigenvalue weighted by molar-refractivity contribution is 0.100. The van der Waals surface area contributed by atoms with Crippen LogP contribution in [0.25, 0.3) is 10.9 Å². The number of fused-ring (bicyclic) bond motifs is 1. The number of nitrogens with two attached hydrogens (primary N) is 2. The number of H-pyrrole nitrogens is 1. The Morgan fingerprint density at radius 1 is 0.771 bits per heavy atom. The number of sulfonamides is 2. The first-order valence-electron chi connectivity index (χ1n) is 9.96. The monoisotopic (exact) mass is 513 g/mol. The maximum absolute atomic E-state index is 13.6. The molecule has 0 saturated heterocycles. The Balaban J connectivity index is 1.99. The molecular weight excluding hydrogens is 494 g/mol. The first-order chi connectivity index (χ1) is 16.5. The zero-order valence-electron chi connectivity index (χ0n) is 17.9. The molecule has 3 amide bonds. The fourth-order valence-corrected chi connectivity index (χ4v) is 7.27. The average Bonchev–Trinajstić information content (AvgIpc) is 3.16. The number of benzene rings is 3. The molecule has 0 spiro atoms. The van der Waals surface area contributed by atoms with Crippen LogP contribution in [0.4, 0.5) is 16.3 Å². The molecule has 0 unspecified atom stereocenters. The number of nitrogens with one attached hydrogen (secondary N) is 2. The minimum absolute atomic E-state index is 0.103. The van der Waals surface area contributed by atoms with Gasteiger partial charge in [-0.1, -0.05) is 36.4 Å².